The second-order valence-corrected chi connectivity index (χ2v) is 17.7. The molecule has 0 atom stereocenters. The summed E-state index contributed by atoms with van der Waals surface area (Å²) in [6.45, 7) is 0. The van der Waals surface area contributed by atoms with Crippen LogP contribution in [0, 0.1) is 0 Å². The van der Waals surface area contributed by atoms with Crippen molar-refractivity contribution in [3.63, 3.8) is 0 Å². The smallest absolute Gasteiger partial charge is 0.180 e. The van der Waals surface area contributed by atoms with E-state index in [1.54, 1.807) is 0 Å². The van der Waals surface area contributed by atoms with Gasteiger partial charge in [0.15, 0.2) is 19.6 Å². The van der Waals surface area contributed by atoms with E-state index in [0.29, 0.717) is 0 Å². The minimum atomic E-state index is -2.93. The third kappa shape index (κ3) is 4.04. The van der Waals surface area contributed by atoms with Gasteiger partial charge in [-0.1, -0.05) is 152 Å². The Hall–Kier alpha value is -6.62. The van der Waals surface area contributed by atoms with Crippen molar-refractivity contribution in [2.75, 3.05) is 4.90 Å². The molecule has 3 heterocycles. The summed E-state index contributed by atoms with van der Waals surface area (Å²) in [5.74, 6) is 3.44. The molecule has 0 saturated carbocycles. The average molecular weight is 696 g/mol. The van der Waals surface area contributed by atoms with Gasteiger partial charge >= 0.3 is 0 Å². The molecule has 3 aliphatic heterocycles. The Bertz CT molecular complexity index is 2580. The summed E-state index contributed by atoms with van der Waals surface area (Å²) in [7, 11) is -2.93. The fraction of sp³-hybridized carbons (Fsp3) is 0.0204. The van der Waals surface area contributed by atoms with Crippen molar-refractivity contribution in [3.05, 3.63) is 222 Å². The van der Waals surface area contributed by atoms with Crippen molar-refractivity contribution in [3.8, 4) is 23.0 Å². The zero-order valence-electron chi connectivity index (χ0n) is 28.8. The topological polar surface area (TPSA) is 21.7 Å². The number of para-hydroxylation sites is 6. The van der Waals surface area contributed by atoms with Crippen LogP contribution >= 0.6 is 0 Å². The van der Waals surface area contributed by atoms with Gasteiger partial charge in [0.25, 0.3) is 0 Å². The van der Waals surface area contributed by atoms with Gasteiger partial charge in [-0.3, -0.25) is 0 Å². The van der Waals surface area contributed by atoms with E-state index in [9.17, 15) is 0 Å². The van der Waals surface area contributed by atoms with Gasteiger partial charge in [0.05, 0.1) is 16.8 Å². The highest BCUT2D eigenvalue weighted by atomic mass is 28.3. The number of ether oxygens (including phenoxy) is 2. The van der Waals surface area contributed by atoms with Gasteiger partial charge in [-0.15, -0.1) is 0 Å². The third-order valence-electron chi connectivity index (χ3n) is 11.5. The Balaban J connectivity index is 1.33. The summed E-state index contributed by atoms with van der Waals surface area (Å²) in [6.07, 6.45) is 0. The van der Waals surface area contributed by atoms with Gasteiger partial charge < -0.3 is 14.4 Å². The average Bonchev–Trinajstić information content (AvgIpc) is 3.23. The lowest BCUT2D eigenvalue weighted by atomic mass is 9.63. The van der Waals surface area contributed by atoms with Gasteiger partial charge in [-0.2, -0.15) is 0 Å². The minimum absolute atomic E-state index is 0.668. The third-order valence-corrected chi connectivity index (χ3v) is 16.3. The maximum absolute atomic E-state index is 6.78. The molecule has 11 rings (SSSR count). The molecule has 250 valence electrons. The molecule has 0 aliphatic carbocycles. The number of fused-ring (bicyclic) bond motifs is 10. The Morgan fingerprint density at radius 2 is 0.792 bits per heavy atom. The van der Waals surface area contributed by atoms with E-state index in [4.69, 9.17) is 9.47 Å². The maximum atomic E-state index is 6.78. The Morgan fingerprint density at radius 1 is 0.358 bits per heavy atom. The van der Waals surface area contributed by atoms with Crippen LogP contribution in [0.1, 0.15) is 22.3 Å². The van der Waals surface area contributed by atoms with E-state index in [1.807, 2.05) is 12.1 Å². The molecule has 3 aliphatic rings. The number of rotatable bonds is 3. The van der Waals surface area contributed by atoms with E-state index in [0.717, 1.165) is 51.2 Å². The Morgan fingerprint density at radius 3 is 1.38 bits per heavy atom. The molecule has 0 saturated heterocycles. The van der Waals surface area contributed by atoms with Crippen molar-refractivity contribution in [2.45, 2.75) is 5.41 Å². The summed E-state index contributed by atoms with van der Waals surface area (Å²) >= 11 is 0. The number of anilines is 3. The molecule has 0 aromatic heterocycles. The van der Waals surface area contributed by atoms with Crippen LogP contribution < -0.4 is 35.1 Å². The summed E-state index contributed by atoms with van der Waals surface area (Å²) in [6, 6.07) is 73.0. The first-order valence-corrected chi connectivity index (χ1v) is 20.2. The largest absolute Gasteiger partial charge is 0.457 e. The van der Waals surface area contributed by atoms with E-state index >= 15 is 0 Å². The fourth-order valence-electron chi connectivity index (χ4n) is 9.46. The molecule has 1 spiro atoms. The summed E-state index contributed by atoms with van der Waals surface area (Å²) in [5, 5.41) is 5.49. The molecule has 4 heteroatoms. The lowest BCUT2D eigenvalue weighted by Gasteiger charge is -2.51. The first kappa shape index (κ1) is 30.0. The van der Waals surface area contributed by atoms with Gasteiger partial charge in [-0.05, 0) is 80.4 Å². The predicted octanol–water partition coefficient (Wildman–Crippen LogP) is 9.44. The van der Waals surface area contributed by atoms with Crippen molar-refractivity contribution in [1.82, 2.24) is 0 Å². The molecule has 0 radical (unpaired) electrons. The van der Waals surface area contributed by atoms with Gasteiger partial charge in [0.2, 0.25) is 0 Å². The van der Waals surface area contributed by atoms with Crippen LogP contribution in [0.2, 0.25) is 0 Å². The van der Waals surface area contributed by atoms with Crippen molar-refractivity contribution in [1.29, 1.82) is 0 Å². The molecular formula is C49H33NO2Si. The predicted molar refractivity (Wildman–Crippen MR) is 217 cm³/mol. The zero-order valence-corrected chi connectivity index (χ0v) is 29.8. The molecule has 8 aromatic carbocycles. The zero-order chi connectivity index (χ0) is 35.0. The van der Waals surface area contributed by atoms with E-state index in [2.05, 4.69) is 193 Å². The molecule has 0 fully saturated rings. The van der Waals surface area contributed by atoms with Gasteiger partial charge in [0.1, 0.15) is 11.5 Å². The molecule has 0 unspecified atom stereocenters. The number of hydrogen-bond acceptors (Lipinski definition) is 3. The summed E-state index contributed by atoms with van der Waals surface area (Å²) in [4.78, 5) is 2.37. The lowest BCUT2D eigenvalue weighted by Crippen LogP contribution is -2.79. The molecule has 53 heavy (non-hydrogen) atoms. The molecule has 0 bridgehead atoms. The first-order valence-electron chi connectivity index (χ1n) is 18.2. The SMILES string of the molecule is c1ccc([Si]2(c3ccccc3)c3ccccc3C3(c4ccccc4Oc4ccccc43)c3cc(N4c5ccccc5Oc5ccccc54)ccc32)cc1. The van der Waals surface area contributed by atoms with Crippen LogP contribution in [0.25, 0.3) is 0 Å². The van der Waals surface area contributed by atoms with Gasteiger partial charge in [-0.25, -0.2) is 0 Å². The summed E-state index contributed by atoms with van der Waals surface area (Å²) in [5.41, 5.74) is 7.31. The highest BCUT2D eigenvalue weighted by Gasteiger charge is 2.57. The Kier molecular flexibility index (Phi) is 6.49. The van der Waals surface area contributed by atoms with Crippen molar-refractivity contribution < 1.29 is 9.47 Å². The summed E-state index contributed by atoms with van der Waals surface area (Å²) < 4.78 is 13.3. The van der Waals surface area contributed by atoms with Gasteiger partial charge in [0, 0.05) is 16.8 Å². The minimum Gasteiger partial charge on any atom is -0.457 e. The van der Waals surface area contributed by atoms with Crippen LogP contribution in [-0.2, 0) is 5.41 Å². The quantitative estimate of drug-likeness (QED) is 0.172. The Labute approximate surface area is 310 Å². The fourth-order valence-corrected chi connectivity index (χ4v) is 14.7. The first-order chi connectivity index (χ1) is 26.3. The second kappa shape index (κ2) is 11.4. The molecular weight excluding hydrogens is 663 g/mol. The van der Waals surface area contributed by atoms with Crippen LogP contribution in [-0.4, -0.2) is 8.07 Å². The van der Waals surface area contributed by atoms with Crippen molar-refractivity contribution in [2.24, 2.45) is 0 Å². The normalized spacial score (nSPS) is 15.0. The second-order valence-electron chi connectivity index (χ2n) is 14.0. The van der Waals surface area contributed by atoms with Crippen LogP contribution in [0.3, 0.4) is 0 Å². The highest BCUT2D eigenvalue weighted by Crippen LogP contribution is 2.57. The van der Waals surface area contributed by atoms with Crippen LogP contribution in [0.4, 0.5) is 17.1 Å². The maximum Gasteiger partial charge on any atom is 0.180 e. The van der Waals surface area contributed by atoms with Crippen molar-refractivity contribution >= 4 is 45.9 Å². The lowest BCUT2D eigenvalue weighted by molar-refractivity contribution is 0.435. The van der Waals surface area contributed by atoms with Crippen LogP contribution in [0.5, 0.6) is 23.0 Å². The standard InChI is InChI=1S/C49H33NO2Si/c1-3-17-35(18-4-1)53(36-19-5-2-6-20-36)47-30-16-9-23-39(47)49(37-21-7-12-26-43(37)51-44-27-13-8-22-38(44)49)40-33-34(31-32-48(40)53)50-41-24-10-14-28-45(41)52-46-29-15-11-25-42(46)50/h1-33H. The highest BCUT2D eigenvalue weighted by molar-refractivity contribution is 7.20. The number of hydrogen-bond donors (Lipinski definition) is 0. The van der Waals surface area contributed by atoms with Crippen LogP contribution in [0.15, 0.2) is 200 Å². The van der Waals surface area contributed by atoms with E-state index < -0.39 is 13.5 Å². The number of nitrogens with zero attached hydrogens (tertiary/aromatic N) is 1. The number of benzene rings is 8. The molecule has 0 N–H and O–H groups in total. The van der Waals surface area contributed by atoms with E-state index in [-0.39, 0.29) is 0 Å². The molecule has 8 aromatic rings. The van der Waals surface area contributed by atoms with E-state index in [1.165, 1.54) is 31.9 Å². The monoisotopic (exact) mass is 695 g/mol. The molecule has 3 nitrogen and oxygen atoms in total. The molecule has 0 amide bonds.